The minimum atomic E-state index is -0.267. The van der Waals surface area contributed by atoms with Crippen LogP contribution in [0.15, 0.2) is 36.4 Å². The number of nitrogens with zero attached hydrogens (tertiary/aromatic N) is 3. The molecule has 30 heavy (non-hydrogen) atoms. The van der Waals surface area contributed by atoms with Crippen molar-refractivity contribution in [1.82, 2.24) is 4.90 Å². The quantitative estimate of drug-likeness (QED) is 0.589. The van der Waals surface area contributed by atoms with Crippen molar-refractivity contribution in [2.24, 2.45) is 0 Å². The summed E-state index contributed by atoms with van der Waals surface area (Å²) < 4.78 is 13.9. The van der Waals surface area contributed by atoms with E-state index in [-0.39, 0.29) is 17.8 Å². The Bertz CT molecular complexity index is 956. The second-order valence-corrected chi connectivity index (χ2v) is 8.27. The van der Waals surface area contributed by atoms with E-state index in [4.69, 9.17) is 11.6 Å². The Morgan fingerprint density at radius 3 is 2.83 bits per heavy atom. The van der Waals surface area contributed by atoms with Crippen LogP contribution < -0.4 is 4.90 Å². The molecular formula is C24H27ClFN3O. The van der Waals surface area contributed by atoms with E-state index in [2.05, 4.69) is 17.9 Å². The zero-order valence-corrected chi connectivity index (χ0v) is 18.3. The highest BCUT2D eigenvalue weighted by atomic mass is 35.5. The first-order valence-electron chi connectivity index (χ1n) is 10.4. The third kappa shape index (κ3) is 5.12. The highest BCUT2D eigenvalue weighted by Gasteiger charge is 2.31. The van der Waals surface area contributed by atoms with Gasteiger partial charge < -0.3 is 9.80 Å². The summed E-state index contributed by atoms with van der Waals surface area (Å²) in [5.74, 6) is -0.0738. The monoisotopic (exact) mass is 427 g/mol. The maximum atomic E-state index is 13.9. The first kappa shape index (κ1) is 22.1. The summed E-state index contributed by atoms with van der Waals surface area (Å²) in [6.45, 7) is 5.91. The van der Waals surface area contributed by atoms with Gasteiger partial charge in [-0.25, -0.2) is 4.39 Å². The van der Waals surface area contributed by atoms with Gasteiger partial charge in [-0.05, 0) is 61.2 Å². The highest BCUT2D eigenvalue weighted by molar-refractivity contribution is 6.32. The van der Waals surface area contributed by atoms with Gasteiger partial charge in [0.2, 0.25) is 5.91 Å². The van der Waals surface area contributed by atoms with Crippen LogP contribution in [0.2, 0.25) is 5.02 Å². The number of carbonyl (C=O) groups is 1. The molecule has 0 aromatic heterocycles. The number of anilines is 1. The van der Waals surface area contributed by atoms with Crippen LogP contribution in [0.3, 0.4) is 0 Å². The Balaban J connectivity index is 1.88. The van der Waals surface area contributed by atoms with E-state index in [0.29, 0.717) is 30.1 Å². The van der Waals surface area contributed by atoms with E-state index in [1.807, 2.05) is 17.9 Å². The van der Waals surface area contributed by atoms with Crippen molar-refractivity contribution < 1.29 is 9.18 Å². The number of unbranched alkanes of at least 4 members (excludes halogenated alkanes) is 1. The molecule has 2 aromatic rings. The molecule has 3 rings (SSSR count). The third-order valence-corrected chi connectivity index (χ3v) is 6.07. The molecule has 0 bridgehead atoms. The molecule has 0 radical (unpaired) electrons. The summed E-state index contributed by atoms with van der Waals surface area (Å²) in [7, 11) is 0. The van der Waals surface area contributed by atoms with Crippen LogP contribution in [0, 0.1) is 24.1 Å². The smallest absolute Gasteiger partial charge is 0.222 e. The number of rotatable bonds is 7. The fourth-order valence-corrected chi connectivity index (χ4v) is 4.12. The van der Waals surface area contributed by atoms with Crippen LogP contribution in [0.5, 0.6) is 0 Å². The van der Waals surface area contributed by atoms with Crippen LogP contribution >= 0.6 is 11.6 Å². The van der Waals surface area contributed by atoms with Crippen molar-refractivity contribution in [3.05, 3.63) is 63.9 Å². The zero-order chi connectivity index (χ0) is 21.7. The van der Waals surface area contributed by atoms with Crippen molar-refractivity contribution >= 4 is 23.2 Å². The van der Waals surface area contributed by atoms with Crippen LogP contribution in [0.4, 0.5) is 10.1 Å². The number of likely N-dealkylation sites (tertiary alicyclic amines) is 1. The number of benzene rings is 2. The molecule has 0 saturated carbocycles. The SMILES string of the molecule is CCCCC(=O)N1CC[C@H](N(Cc2cc(F)ccc2C)c2ccc(C#N)c(Cl)c2)C1. The largest absolute Gasteiger partial charge is 0.362 e. The van der Waals surface area contributed by atoms with Gasteiger partial charge in [0.15, 0.2) is 0 Å². The zero-order valence-electron chi connectivity index (χ0n) is 17.5. The number of hydrogen-bond acceptors (Lipinski definition) is 3. The molecule has 2 aromatic carbocycles. The topological polar surface area (TPSA) is 47.3 Å². The van der Waals surface area contributed by atoms with Gasteiger partial charge in [0, 0.05) is 37.8 Å². The second kappa shape index (κ2) is 9.95. The first-order valence-corrected chi connectivity index (χ1v) is 10.8. The summed E-state index contributed by atoms with van der Waals surface area (Å²) in [5, 5.41) is 9.59. The van der Waals surface area contributed by atoms with Gasteiger partial charge in [0.1, 0.15) is 11.9 Å². The van der Waals surface area contributed by atoms with Crippen LogP contribution in [0.25, 0.3) is 0 Å². The molecule has 0 aliphatic carbocycles. The second-order valence-electron chi connectivity index (χ2n) is 7.86. The fraction of sp³-hybridized carbons (Fsp3) is 0.417. The number of aryl methyl sites for hydroxylation is 1. The lowest BCUT2D eigenvalue weighted by Gasteiger charge is -2.32. The van der Waals surface area contributed by atoms with Gasteiger partial charge in [-0.1, -0.05) is 31.0 Å². The Morgan fingerprint density at radius 1 is 1.33 bits per heavy atom. The summed E-state index contributed by atoms with van der Waals surface area (Å²) in [5.41, 5.74) is 3.20. The number of nitriles is 1. The molecule has 1 aliphatic heterocycles. The van der Waals surface area contributed by atoms with Gasteiger partial charge in [-0.15, -0.1) is 0 Å². The first-order chi connectivity index (χ1) is 14.4. The van der Waals surface area contributed by atoms with E-state index in [0.717, 1.165) is 42.6 Å². The molecule has 1 saturated heterocycles. The predicted molar refractivity (Wildman–Crippen MR) is 118 cm³/mol. The van der Waals surface area contributed by atoms with Crippen LogP contribution in [0.1, 0.15) is 49.3 Å². The lowest BCUT2D eigenvalue weighted by Crippen LogP contribution is -2.38. The minimum Gasteiger partial charge on any atom is -0.362 e. The third-order valence-electron chi connectivity index (χ3n) is 5.76. The Labute approximate surface area is 182 Å². The maximum absolute atomic E-state index is 13.9. The van der Waals surface area contributed by atoms with Crippen molar-refractivity contribution in [2.75, 3.05) is 18.0 Å². The van der Waals surface area contributed by atoms with Crippen LogP contribution in [-0.4, -0.2) is 29.9 Å². The number of amides is 1. The normalized spacial score (nSPS) is 15.8. The van der Waals surface area contributed by atoms with Crippen molar-refractivity contribution in [3.8, 4) is 6.07 Å². The molecule has 0 unspecified atom stereocenters. The van der Waals surface area contributed by atoms with E-state index >= 15 is 0 Å². The summed E-state index contributed by atoms with van der Waals surface area (Å²) >= 11 is 6.30. The number of hydrogen-bond donors (Lipinski definition) is 0. The molecular weight excluding hydrogens is 401 g/mol. The maximum Gasteiger partial charge on any atom is 0.222 e. The predicted octanol–water partition coefficient (Wildman–Crippen LogP) is 5.46. The van der Waals surface area contributed by atoms with Gasteiger partial charge in [0.05, 0.1) is 10.6 Å². The van der Waals surface area contributed by atoms with Gasteiger partial charge in [-0.2, -0.15) is 5.26 Å². The lowest BCUT2D eigenvalue weighted by molar-refractivity contribution is -0.130. The molecule has 1 amide bonds. The number of carbonyl (C=O) groups excluding carboxylic acids is 1. The lowest BCUT2D eigenvalue weighted by atomic mass is 10.1. The van der Waals surface area contributed by atoms with E-state index in [1.165, 1.54) is 6.07 Å². The van der Waals surface area contributed by atoms with E-state index < -0.39 is 0 Å². The summed E-state index contributed by atoms with van der Waals surface area (Å²) in [4.78, 5) is 16.6. The molecule has 4 nitrogen and oxygen atoms in total. The Kier molecular flexibility index (Phi) is 7.33. The molecule has 0 spiro atoms. The van der Waals surface area contributed by atoms with Crippen molar-refractivity contribution in [3.63, 3.8) is 0 Å². The standard InChI is InChI=1S/C24H27ClFN3O/c1-3-4-5-24(30)28-11-10-22(16-28)29(15-19-12-20(26)8-6-17(19)2)21-9-7-18(14-27)23(25)13-21/h6-9,12-13,22H,3-5,10-11,15-16H2,1-2H3/t22-/m0/s1. The van der Waals surface area contributed by atoms with Crippen LogP contribution in [-0.2, 0) is 11.3 Å². The number of halogens is 2. The Morgan fingerprint density at radius 2 is 2.13 bits per heavy atom. The van der Waals surface area contributed by atoms with Crippen molar-refractivity contribution in [1.29, 1.82) is 5.26 Å². The average Bonchev–Trinajstić information content (AvgIpc) is 3.22. The average molecular weight is 428 g/mol. The molecule has 158 valence electrons. The van der Waals surface area contributed by atoms with Gasteiger partial charge in [-0.3, -0.25) is 4.79 Å². The van der Waals surface area contributed by atoms with Gasteiger partial charge >= 0.3 is 0 Å². The molecule has 1 fully saturated rings. The summed E-state index contributed by atoms with van der Waals surface area (Å²) in [6.07, 6.45) is 3.31. The van der Waals surface area contributed by atoms with Crippen molar-refractivity contribution in [2.45, 2.75) is 52.1 Å². The molecule has 6 heteroatoms. The molecule has 0 N–H and O–H groups in total. The summed E-state index contributed by atoms with van der Waals surface area (Å²) in [6, 6.07) is 12.4. The minimum absolute atomic E-state index is 0.0993. The molecule has 1 aliphatic rings. The highest BCUT2D eigenvalue weighted by Crippen LogP contribution is 2.30. The molecule has 1 heterocycles. The Hall–Kier alpha value is -2.58. The van der Waals surface area contributed by atoms with Gasteiger partial charge in [0.25, 0.3) is 0 Å². The fourth-order valence-electron chi connectivity index (χ4n) is 3.91. The van der Waals surface area contributed by atoms with E-state index in [9.17, 15) is 14.4 Å². The van der Waals surface area contributed by atoms with E-state index in [1.54, 1.807) is 24.3 Å². The molecule has 1 atom stereocenters.